The van der Waals surface area contributed by atoms with E-state index in [1.165, 1.54) is 30.0 Å². The third-order valence-electron chi connectivity index (χ3n) is 4.46. The van der Waals surface area contributed by atoms with Gasteiger partial charge in [0.05, 0.1) is 0 Å². The molecule has 0 aliphatic heterocycles. The van der Waals surface area contributed by atoms with Crippen LogP contribution in [-0.4, -0.2) is 16.8 Å². The predicted octanol–water partition coefficient (Wildman–Crippen LogP) is 4.53. The number of nitrogens with zero attached hydrogens (tertiary/aromatic N) is 1. The van der Waals surface area contributed by atoms with Crippen LogP contribution in [-0.2, 0) is 6.54 Å². The molecule has 3 rings (SSSR count). The molecule has 0 saturated heterocycles. The van der Waals surface area contributed by atoms with E-state index in [9.17, 15) is 14.0 Å². The van der Waals surface area contributed by atoms with Crippen molar-refractivity contribution in [1.82, 2.24) is 10.3 Å². The molecule has 0 aliphatic rings. The third kappa shape index (κ3) is 5.48. The lowest BCUT2D eigenvalue weighted by atomic mass is 10.0. The van der Waals surface area contributed by atoms with Gasteiger partial charge in [0.15, 0.2) is 0 Å². The second-order valence-corrected chi connectivity index (χ2v) is 6.97. The van der Waals surface area contributed by atoms with Crippen LogP contribution in [0.4, 0.5) is 10.1 Å². The lowest BCUT2D eigenvalue weighted by molar-refractivity contribution is 0.0946. The van der Waals surface area contributed by atoms with Crippen molar-refractivity contribution in [2.75, 3.05) is 5.32 Å². The summed E-state index contributed by atoms with van der Waals surface area (Å²) < 4.78 is 12.9. The Kier molecular flexibility index (Phi) is 6.34. The first-order chi connectivity index (χ1) is 13.9. The SMILES string of the molecule is CC(C)c1ccc(NC(=O)c2ccnc(C(=O)NCc3ccc(F)cc3)c2)cc1. The van der Waals surface area contributed by atoms with Gasteiger partial charge in [-0.05, 0) is 53.4 Å². The number of carbonyl (C=O) groups excluding carboxylic acids is 2. The normalized spacial score (nSPS) is 10.6. The van der Waals surface area contributed by atoms with E-state index in [0.29, 0.717) is 17.2 Å². The monoisotopic (exact) mass is 391 g/mol. The molecule has 0 spiro atoms. The average Bonchev–Trinajstić information content (AvgIpc) is 2.73. The zero-order valence-electron chi connectivity index (χ0n) is 16.3. The Bertz CT molecular complexity index is 999. The maximum atomic E-state index is 12.9. The molecule has 0 saturated carbocycles. The Balaban J connectivity index is 1.63. The second-order valence-electron chi connectivity index (χ2n) is 6.97. The number of hydrogen-bond acceptors (Lipinski definition) is 3. The van der Waals surface area contributed by atoms with Gasteiger partial charge in [0.25, 0.3) is 11.8 Å². The van der Waals surface area contributed by atoms with E-state index in [-0.39, 0.29) is 24.0 Å². The van der Waals surface area contributed by atoms with Crippen molar-refractivity contribution in [3.05, 3.63) is 95.1 Å². The number of nitrogens with one attached hydrogen (secondary N) is 2. The fourth-order valence-electron chi connectivity index (χ4n) is 2.73. The van der Waals surface area contributed by atoms with E-state index in [2.05, 4.69) is 29.5 Å². The lowest BCUT2D eigenvalue weighted by Gasteiger charge is -2.09. The molecular formula is C23H22FN3O2. The van der Waals surface area contributed by atoms with Crippen molar-refractivity contribution in [1.29, 1.82) is 0 Å². The number of aromatic nitrogens is 1. The molecule has 1 aromatic heterocycles. The fourth-order valence-corrected chi connectivity index (χ4v) is 2.73. The molecule has 2 aromatic carbocycles. The van der Waals surface area contributed by atoms with Gasteiger partial charge in [-0.1, -0.05) is 38.1 Å². The van der Waals surface area contributed by atoms with E-state index in [4.69, 9.17) is 0 Å². The predicted molar refractivity (Wildman–Crippen MR) is 110 cm³/mol. The first-order valence-electron chi connectivity index (χ1n) is 9.32. The number of carbonyl (C=O) groups is 2. The zero-order valence-corrected chi connectivity index (χ0v) is 16.3. The molecule has 0 fully saturated rings. The van der Waals surface area contributed by atoms with Crippen LogP contribution < -0.4 is 10.6 Å². The van der Waals surface area contributed by atoms with Crippen molar-refractivity contribution in [3.8, 4) is 0 Å². The molecule has 0 unspecified atom stereocenters. The molecule has 0 atom stereocenters. The van der Waals surface area contributed by atoms with Crippen molar-refractivity contribution < 1.29 is 14.0 Å². The van der Waals surface area contributed by atoms with Crippen LogP contribution in [0, 0.1) is 5.82 Å². The molecule has 29 heavy (non-hydrogen) atoms. The maximum absolute atomic E-state index is 12.9. The molecule has 1 heterocycles. The number of amides is 2. The Hall–Kier alpha value is -3.54. The number of hydrogen-bond donors (Lipinski definition) is 2. The van der Waals surface area contributed by atoms with E-state index in [1.54, 1.807) is 18.2 Å². The first kappa shape index (κ1) is 20.2. The second kappa shape index (κ2) is 9.10. The van der Waals surface area contributed by atoms with Gasteiger partial charge in [0.2, 0.25) is 0 Å². The van der Waals surface area contributed by atoms with Crippen molar-refractivity contribution in [2.24, 2.45) is 0 Å². The molecule has 148 valence electrons. The zero-order chi connectivity index (χ0) is 20.8. The van der Waals surface area contributed by atoms with Crippen molar-refractivity contribution >= 4 is 17.5 Å². The summed E-state index contributed by atoms with van der Waals surface area (Å²) in [4.78, 5) is 28.9. The summed E-state index contributed by atoms with van der Waals surface area (Å²) in [7, 11) is 0. The largest absolute Gasteiger partial charge is 0.347 e. The molecule has 0 aliphatic carbocycles. The topological polar surface area (TPSA) is 71.1 Å². The first-order valence-corrected chi connectivity index (χ1v) is 9.32. The Morgan fingerprint density at radius 2 is 1.66 bits per heavy atom. The van der Waals surface area contributed by atoms with Crippen LogP contribution in [0.1, 0.15) is 51.7 Å². The van der Waals surface area contributed by atoms with Crippen molar-refractivity contribution in [2.45, 2.75) is 26.3 Å². The number of rotatable bonds is 6. The van der Waals surface area contributed by atoms with Gasteiger partial charge in [0, 0.05) is 24.0 Å². The molecule has 6 heteroatoms. The Morgan fingerprint density at radius 3 is 2.31 bits per heavy atom. The third-order valence-corrected chi connectivity index (χ3v) is 4.46. The van der Waals surface area contributed by atoms with E-state index in [0.717, 1.165) is 5.56 Å². The van der Waals surface area contributed by atoms with Gasteiger partial charge in [-0.2, -0.15) is 0 Å². The van der Waals surface area contributed by atoms with Crippen LogP contribution in [0.25, 0.3) is 0 Å². The fraction of sp³-hybridized carbons (Fsp3) is 0.174. The lowest BCUT2D eigenvalue weighted by Crippen LogP contribution is -2.24. The van der Waals surface area contributed by atoms with Gasteiger partial charge < -0.3 is 10.6 Å². The summed E-state index contributed by atoms with van der Waals surface area (Å²) in [5, 5.41) is 5.53. The number of pyridine rings is 1. The van der Waals surface area contributed by atoms with E-state index >= 15 is 0 Å². The van der Waals surface area contributed by atoms with Crippen LogP contribution in [0.2, 0.25) is 0 Å². The summed E-state index contributed by atoms with van der Waals surface area (Å²) >= 11 is 0. The van der Waals surface area contributed by atoms with Crippen LogP contribution in [0.5, 0.6) is 0 Å². The molecule has 2 amide bonds. The Morgan fingerprint density at radius 1 is 0.966 bits per heavy atom. The molecule has 0 bridgehead atoms. The van der Waals surface area contributed by atoms with Crippen LogP contribution >= 0.6 is 0 Å². The van der Waals surface area contributed by atoms with Crippen LogP contribution in [0.15, 0.2) is 66.9 Å². The van der Waals surface area contributed by atoms with Crippen LogP contribution in [0.3, 0.4) is 0 Å². The molecule has 3 aromatic rings. The summed E-state index contributed by atoms with van der Waals surface area (Å²) in [6.07, 6.45) is 1.42. The summed E-state index contributed by atoms with van der Waals surface area (Å²) in [5.74, 6) is -0.655. The maximum Gasteiger partial charge on any atom is 0.270 e. The standard InChI is InChI=1S/C23H22FN3O2/c1-15(2)17-5-9-20(10-6-17)27-22(28)18-11-12-25-21(13-18)23(29)26-14-16-3-7-19(24)8-4-16/h3-13,15H,14H2,1-2H3,(H,26,29)(H,27,28). The van der Waals surface area contributed by atoms with Gasteiger partial charge in [0.1, 0.15) is 11.5 Å². The molecular weight excluding hydrogens is 369 g/mol. The minimum atomic E-state index is -0.412. The molecule has 5 nitrogen and oxygen atoms in total. The minimum absolute atomic E-state index is 0.134. The molecule has 0 radical (unpaired) electrons. The van der Waals surface area contributed by atoms with E-state index in [1.807, 2.05) is 24.3 Å². The summed E-state index contributed by atoms with van der Waals surface area (Å²) in [6, 6.07) is 16.5. The molecule has 2 N–H and O–H groups in total. The minimum Gasteiger partial charge on any atom is -0.347 e. The number of benzene rings is 2. The highest BCUT2D eigenvalue weighted by atomic mass is 19.1. The van der Waals surface area contributed by atoms with Gasteiger partial charge in [-0.25, -0.2) is 4.39 Å². The van der Waals surface area contributed by atoms with Gasteiger partial charge in [-0.3, -0.25) is 14.6 Å². The highest BCUT2D eigenvalue weighted by Gasteiger charge is 2.12. The van der Waals surface area contributed by atoms with Gasteiger partial charge in [-0.15, -0.1) is 0 Å². The summed E-state index contributed by atoms with van der Waals surface area (Å²) in [6.45, 7) is 4.44. The smallest absolute Gasteiger partial charge is 0.270 e. The highest BCUT2D eigenvalue weighted by Crippen LogP contribution is 2.17. The Labute approximate surface area is 169 Å². The average molecular weight is 391 g/mol. The van der Waals surface area contributed by atoms with Crippen molar-refractivity contribution in [3.63, 3.8) is 0 Å². The quantitative estimate of drug-likeness (QED) is 0.649. The number of halogens is 1. The highest BCUT2D eigenvalue weighted by molar-refractivity contribution is 6.05. The van der Waals surface area contributed by atoms with E-state index < -0.39 is 5.91 Å². The van der Waals surface area contributed by atoms with Gasteiger partial charge >= 0.3 is 0 Å². The number of anilines is 1. The summed E-state index contributed by atoms with van der Waals surface area (Å²) in [5.41, 5.74) is 3.10.